The van der Waals surface area contributed by atoms with E-state index in [1.165, 1.54) is 30.3 Å². The number of quaternary nitrogens is 1. The number of para-hydroxylation sites is 1. The normalized spacial score (nSPS) is 19.3. The summed E-state index contributed by atoms with van der Waals surface area (Å²) in [4.78, 5) is 14.2. The maximum absolute atomic E-state index is 13.9. The van der Waals surface area contributed by atoms with Gasteiger partial charge in [-0.2, -0.15) is 13.2 Å². The molecule has 32 heavy (non-hydrogen) atoms. The predicted molar refractivity (Wildman–Crippen MR) is 113 cm³/mol. The Morgan fingerprint density at radius 3 is 2.69 bits per heavy atom. The molecule has 4 rings (SSSR count). The van der Waals surface area contributed by atoms with Crippen molar-refractivity contribution in [2.45, 2.75) is 32.5 Å². The fourth-order valence-corrected chi connectivity index (χ4v) is 4.36. The minimum absolute atomic E-state index is 0.0503. The number of piperidine rings is 1. The van der Waals surface area contributed by atoms with Gasteiger partial charge in [-0.1, -0.05) is 30.7 Å². The molecule has 2 N–H and O–H groups in total. The number of hydrogen-bond donors (Lipinski definition) is 2. The zero-order chi connectivity index (χ0) is 23.0. The minimum Gasteiger partial charge on any atom is -0.507 e. The van der Waals surface area contributed by atoms with E-state index in [9.17, 15) is 23.1 Å². The number of phenolic OH excluding ortho intramolecular Hbond substituents is 1. The molecule has 3 aromatic rings. The van der Waals surface area contributed by atoms with Crippen LogP contribution < -0.4 is 15.1 Å². The molecule has 9 heteroatoms. The van der Waals surface area contributed by atoms with Gasteiger partial charge in [0.1, 0.15) is 18.0 Å². The average molecular weight is 469 g/mol. The van der Waals surface area contributed by atoms with Crippen LogP contribution in [0.15, 0.2) is 45.6 Å². The lowest BCUT2D eigenvalue weighted by atomic mass is 9.99. The summed E-state index contributed by atoms with van der Waals surface area (Å²) >= 11 is 6.00. The molecule has 2 heterocycles. The number of nitrogens with one attached hydrogen (secondary N) is 1. The van der Waals surface area contributed by atoms with Gasteiger partial charge < -0.3 is 19.2 Å². The van der Waals surface area contributed by atoms with Crippen molar-refractivity contribution in [1.82, 2.24) is 0 Å². The molecule has 0 spiro atoms. The molecule has 0 radical (unpaired) electrons. The van der Waals surface area contributed by atoms with Crippen LogP contribution in [-0.2, 0) is 12.7 Å². The molecule has 2 atom stereocenters. The van der Waals surface area contributed by atoms with E-state index in [1.807, 2.05) is 0 Å². The smallest absolute Gasteiger partial charge is 0.453 e. The molecule has 0 aliphatic carbocycles. The van der Waals surface area contributed by atoms with Crippen molar-refractivity contribution in [3.63, 3.8) is 0 Å². The molecular weight excluding hydrogens is 447 g/mol. The van der Waals surface area contributed by atoms with Gasteiger partial charge in [0.2, 0.25) is 11.2 Å². The SMILES string of the molecule is CC1CCC[NH+](Cc2c(O)ccc3c(=O)c(Oc4ccccc4Cl)c(C(F)(F)F)oc23)C1. The van der Waals surface area contributed by atoms with E-state index in [2.05, 4.69) is 6.92 Å². The Morgan fingerprint density at radius 2 is 2.00 bits per heavy atom. The van der Waals surface area contributed by atoms with Gasteiger partial charge in [-0.25, -0.2) is 0 Å². The number of ether oxygens (including phenoxy) is 1. The molecule has 1 saturated heterocycles. The highest BCUT2D eigenvalue weighted by Crippen LogP contribution is 2.40. The molecule has 0 amide bonds. The number of hydrogen-bond acceptors (Lipinski definition) is 4. The second kappa shape index (κ2) is 8.67. The fourth-order valence-electron chi connectivity index (χ4n) is 4.18. The van der Waals surface area contributed by atoms with Crippen LogP contribution in [0.3, 0.4) is 0 Å². The first-order valence-electron chi connectivity index (χ1n) is 10.3. The number of fused-ring (bicyclic) bond motifs is 1. The second-order valence-electron chi connectivity index (χ2n) is 8.19. The highest BCUT2D eigenvalue weighted by molar-refractivity contribution is 6.32. The zero-order valence-corrected chi connectivity index (χ0v) is 18.0. The average Bonchev–Trinajstić information content (AvgIpc) is 2.72. The van der Waals surface area contributed by atoms with E-state index < -0.39 is 23.1 Å². The van der Waals surface area contributed by atoms with E-state index in [1.54, 1.807) is 6.07 Å². The number of halogens is 4. The van der Waals surface area contributed by atoms with Crippen LogP contribution >= 0.6 is 11.6 Å². The first-order chi connectivity index (χ1) is 15.1. The van der Waals surface area contributed by atoms with Crippen LogP contribution in [0, 0.1) is 5.92 Å². The van der Waals surface area contributed by atoms with E-state index >= 15 is 0 Å². The quantitative estimate of drug-likeness (QED) is 0.578. The summed E-state index contributed by atoms with van der Waals surface area (Å²) in [5, 5.41) is 10.4. The number of alkyl halides is 3. The molecule has 2 aromatic carbocycles. The van der Waals surface area contributed by atoms with Gasteiger partial charge in [-0.05, 0) is 37.1 Å². The molecule has 1 aliphatic heterocycles. The molecule has 1 fully saturated rings. The van der Waals surface area contributed by atoms with Crippen molar-refractivity contribution in [1.29, 1.82) is 0 Å². The molecule has 1 aromatic heterocycles. The van der Waals surface area contributed by atoms with Crippen molar-refractivity contribution in [2.75, 3.05) is 13.1 Å². The summed E-state index contributed by atoms with van der Waals surface area (Å²) in [7, 11) is 0. The highest BCUT2D eigenvalue weighted by atomic mass is 35.5. The Bertz CT molecular complexity index is 1210. The van der Waals surface area contributed by atoms with Gasteiger partial charge in [-0.3, -0.25) is 4.79 Å². The first-order valence-corrected chi connectivity index (χ1v) is 10.7. The number of phenols is 1. The standard InChI is InChI=1S/C23H21ClF3NO4/c1-13-5-4-10-28(11-13)12-15-17(29)9-8-14-19(30)21(22(23(25,26)27)32-20(14)15)31-18-7-3-2-6-16(18)24/h2-3,6-9,13,29H,4-5,10-12H2,1H3/p+1. The monoisotopic (exact) mass is 468 g/mol. The lowest BCUT2D eigenvalue weighted by Gasteiger charge is -2.28. The fraction of sp³-hybridized carbons (Fsp3) is 0.348. The van der Waals surface area contributed by atoms with Gasteiger partial charge in [0, 0.05) is 5.92 Å². The first kappa shape index (κ1) is 22.5. The van der Waals surface area contributed by atoms with E-state index in [0.717, 1.165) is 30.8 Å². The minimum atomic E-state index is -5.00. The molecule has 1 aliphatic rings. The van der Waals surface area contributed by atoms with Crippen LogP contribution in [0.4, 0.5) is 13.2 Å². The van der Waals surface area contributed by atoms with E-state index in [0.29, 0.717) is 5.92 Å². The third kappa shape index (κ3) is 4.42. The molecule has 2 unspecified atom stereocenters. The summed E-state index contributed by atoms with van der Waals surface area (Å²) in [6.07, 6.45) is -2.93. The van der Waals surface area contributed by atoms with Crippen molar-refractivity contribution in [3.05, 3.63) is 63.0 Å². The number of aromatic hydroxyl groups is 1. The lowest BCUT2D eigenvalue weighted by Crippen LogP contribution is -3.12. The van der Waals surface area contributed by atoms with E-state index in [4.69, 9.17) is 20.8 Å². The third-order valence-corrected chi connectivity index (χ3v) is 6.01. The highest BCUT2D eigenvalue weighted by Gasteiger charge is 2.41. The largest absolute Gasteiger partial charge is 0.507 e. The van der Waals surface area contributed by atoms with Crippen molar-refractivity contribution < 1.29 is 32.3 Å². The maximum atomic E-state index is 13.9. The Kier molecular flexibility index (Phi) is 6.09. The summed E-state index contributed by atoms with van der Waals surface area (Å²) in [5.41, 5.74) is -1.08. The number of benzene rings is 2. The topological polar surface area (TPSA) is 64.1 Å². The van der Waals surface area contributed by atoms with Crippen molar-refractivity contribution in [3.8, 4) is 17.2 Å². The van der Waals surface area contributed by atoms with Gasteiger partial charge in [0.05, 0.1) is 29.1 Å². The van der Waals surface area contributed by atoms with Crippen LogP contribution in [0.1, 0.15) is 31.1 Å². The number of rotatable bonds is 4. The van der Waals surface area contributed by atoms with Crippen molar-refractivity contribution >= 4 is 22.6 Å². The van der Waals surface area contributed by atoms with E-state index in [-0.39, 0.29) is 39.6 Å². The zero-order valence-electron chi connectivity index (χ0n) is 17.3. The number of likely N-dealkylation sites (tertiary alicyclic amines) is 1. The van der Waals surface area contributed by atoms with Gasteiger partial charge in [0.15, 0.2) is 5.58 Å². The van der Waals surface area contributed by atoms with Crippen LogP contribution in [0.2, 0.25) is 5.02 Å². The molecule has 0 bridgehead atoms. The molecular formula is C23H22ClF3NO4+. The van der Waals surface area contributed by atoms with Gasteiger partial charge in [-0.15, -0.1) is 0 Å². The van der Waals surface area contributed by atoms with Crippen LogP contribution in [0.5, 0.6) is 17.2 Å². The maximum Gasteiger partial charge on any atom is 0.453 e. The summed E-state index contributed by atoms with van der Waals surface area (Å²) in [6.45, 7) is 4.00. The Morgan fingerprint density at radius 1 is 1.25 bits per heavy atom. The molecule has 0 saturated carbocycles. The Labute approximate surface area is 187 Å². The Hall–Kier alpha value is -2.71. The lowest BCUT2D eigenvalue weighted by molar-refractivity contribution is -0.922. The van der Waals surface area contributed by atoms with Gasteiger partial charge in [0.25, 0.3) is 5.76 Å². The summed E-state index contributed by atoms with van der Waals surface area (Å²) in [6, 6.07) is 8.44. The van der Waals surface area contributed by atoms with Crippen LogP contribution in [0.25, 0.3) is 11.0 Å². The summed E-state index contributed by atoms with van der Waals surface area (Å²) in [5.74, 6) is -2.40. The van der Waals surface area contributed by atoms with Crippen molar-refractivity contribution in [2.24, 2.45) is 5.92 Å². The van der Waals surface area contributed by atoms with Crippen LogP contribution in [-0.4, -0.2) is 18.2 Å². The molecule has 5 nitrogen and oxygen atoms in total. The molecule has 170 valence electrons. The third-order valence-electron chi connectivity index (χ3n) is 5.69. The van der Waals surface area contributed by atoms with Gasteiger partial charge >= 0.3 is 6.18 Å². The Balaban J connectivity index is 1.88. The second-order valence-corrected chi connectivity index (χ2v) is 8.60. The predicted octanol–water partition coefficient (Wildman–Crippen LogP) is 4.78. The summed E-state index contributed by atoms with van der Waals surface area (Å²) < 4.78 is 52.2.